The minimum absolute atomic E-state index is 0.140. The molecule has 0 saturated carbocycles. The van der Waals surface area contributed by atoms with Crippen molar-refractivity contribution in [2.75, 3.05) is 14.2 Å². The van der Waals surface area contributed by atoms with Gasteiger partial charge < -0.3 is 18.6 Å². The zero-order chi connectivity index (χ0) is 22.9. The van der Waals surface area contributed by atoms with E-state index in [9.17, 15) is 4.79 Å². The molecule has 0 spiro atoms. The number of rotatable bonds is 6. The SMILES string of the molecule is COc1ccc(-c2noc(Cn3ccn4nc(-c5ccc(C)cc5)cc4c3=O)n2)cc1OC. The summed E-state index contributed by atoms with van der Waals surface area (Å²) in [6, 6.07) is 15.2. The fourth-order valence-corrected chi connectivity index (χ4v) is 3.57. The van der Waals surface area contributed by atoms with Gasteiger partial charge in [-0.2, -0.15) is 10.1 Å². The second-order valence-corrected chi connectivity index (χ2v) is 7.54. The number of ether oxygens (including phenoxy) is 2. The van der Waals surface area contributed by atoms with Crippen molar-refractivity contribution in [3.8, 4) is 34.1 Å². The molecule has 0 aliphatic rings. The maximum atomic E-state index is 13.0. The Morgan fingerprint density at radius 1 is 0.939 bits per heavy atom. The third-order valence-corrected chi connectivity index (χ3v) is 5.37. The lowest BCUT2D eigenvalue weighted by Gasteiger charge is -2.07. The van der Waals surface area contributed by atoms with Crippen molar-refractivity contribution in [1.82, 2.24) is 24.3 Å². The van der Waals surface area contributed by atoms with Gasteiger partial charge in [-0.1, -0.05) is 35.0 Å². The van der Waals surface area contributed by atoms with Gasteiger partial charge in [0.15, 0.2) is 11.5 Å². The van der Waals surface area contributed by atoms with E-state index in [1.807, 2.05) is 37.3 Å². The Labute approximate surface area is 188 Å². The molecule has 166 valence electrons. The molecule has 2 aromatic carbocycles. The highest BCUT2D eigenvalue weighted by atomic mass is 16.5. The molecule has 0 aliphatic carbocycles. The van der Waals surface area contributed by atoms with Gasteiger partial charge in [-0.15, -0.1) is 0 Å². The topological polar surface area (TPSA) is 96.7 Å². The molecule has 0 atom stereocenters. The second kappa shape index (κ2) is 8.27. The number of aryl methyl sites for hydroxylation is 1. The highest BCUT2D eigenvalue weighted by Crippen LogP contribution is 2.31. The Morgan fingerprint density at radius 2 is 1.70 bits per heavy atom. The maximum absolute atomic E-state index is 13.0. The van der Waals surface area contributed by atoms with Crippen LogP contribution in [0.2, 0.25) is 0 Å². The van der Waals surface area contributed by atoms with Gasteiger partial charge in [0.2, 0.25) is 11.7 Å². The molecular weight excluding hydrogens is 422 g/mol. The van der Waals surface area contributed by atoms with Crippen LogP contribution in [0.3, 0.4) is 0 Å². The van der Waals surface area contributed by atoms with E-state index in [4.69, 9.17) is 14.0 Å². The summed E-state index contributed by atoms with van der Waals surface area (Å²) >= 11 is 0. The lowest BCUT2D eigenvalue weighted by Crippen LogP contribution is -2.21. The van der Waals surface area contributed by atoms with Gasteiger partial charge in [-0.3, -0.25) is 4.79 Å². The van der Waals surface area contributed by atoms with Crippen LogP contribution in [-0.2, 0) is 6.54 Å². The molecule has 0 saturated heterocycles. The highest BCUT2D eigenvalue weighted by molar-refractivity contribution is 5.65. The van der Waals surface area contributed by atoms with Crippen molar-refractivity contribution in [3.05, 3.63) is 82.7 Å². The highest BCUT2D eigenvalue weighted by Gasteiger charge is 2.14. The van der Waals surface area contributed by atoms with Crippen molar-refractivity contribution in [2.24, 2.45) is 0 Å². The molecule has 33 heavy (non-hydrogen) atoms. The first-order valence-corrected chi connectivity index (χ1v) is 10.3. The van der Waals surface area contributed by atoms with Crippen LogP contribution in [0.1, 0.15) is 11.5 Å². The smallest absolute Gasteiger partial charge is 0.277 e. The summed E-state index contributed by atoms with van der Waals surface area (Å²) in [6.07, 6.45) is 3.39. The van der Waals surface area contributed by atoms with Gasteiger partial charge in [-0.25, -0.2) is 4.52 Å². The van der Waals surface area contributed by atoms with E-state index < -0.39 is 0 Å². The average Bonchev–Trinajstić information content (AvgIpc) is 3.49. The van der Waals surface area contributed by atoms with Crippen LogP contribution in [0, 0.1) is 6.92 Å². The predicted octanol–water partition coefficient (Wildman–Crippen LogP) is 3.59. The summed E-state index contributed by atoms with van der Waals surface area (Å²) < 4.78 is 19.1. The van der Waals surface area contributed by atoms with Crippen molar-refractivity contribution < 1.29 is 14.0 Å². The molecule has 0 amide bonds. The van der Waals surface area contributed by atoms with Crippen molar-refractivity contribution >= 4 is 5.52 Å². The Morgan fingerprint density at radius 3 is 2.45 bits per heavy atom. The number of hydrogen-bond acceptors (Lipinski definition) is 7. The number of aromatic nitrogens is 5. The van der Waals surface area contributed by atoms with Crippen molar-refractivity contribution in [3.63, 3.8) is 0 Å². The number of hydrogen-bond donors (Lipinski definition) is 0. The molecule has 0 fully saturated rings. The molecular formula is C24H21N5O4. The van der Waals surface area contributed by atoms with Gasteiger partial charge in [0.25, 0.3) is 5.56 Å². The van der Waals surface area contributed by atoms with E-state index in [2.05, 4.69) is 15.2 Å². The van der Waals surface area contributed by atoms with Gasteiger partial charge in [0.1, 0.15) is 12.1 Å². The first-order chi connectivity index (χ1) is 16.1. The third-order valence-electron chi connectivity index (χ3n) is 5.37. The monoisotopic (exact) mass is 443 g/mol. The minimum atomic E-state index is -0.200. The average molecular weight is 443 g/mol. The lowest BCUT2D eigenvalue weighted by molar-refractivity contribution is 0.355. The number of benzene rings is 2. The van der Waals surface area contributed by atoms with E-state index in [0.717, 1.165) is 16.8 Å². The zero-order valence-electron chi connectivity index (χ0n) is 18.3. The summed E-state index contributed by atoms with van der Waals surface area (Å²) in [7, 11) is 3.13. The molecule has 5 rings (SSSR count). The Kier molecular flexibility index (Phi) is 5.14. The van der Waals surface area contributed by atoms with Crippen LogP contribution in [0.5, 0.6) is 11.5 Å². The summed E-state index contributed by atoms with van der Waals surface area (Å²) in [6.45, 7) is 2.17. The Bertz CT molecular complexity index is 1500. The Balaban J connectivity index is 1.43. The number of nitrogens with zero attached hydrogens (tertiary/aromatic N) is 5. The van der Waals surface area contributed by atoms with Crippen LogP contribution < -0.4 is 15.0 Å². The summed E-state index contributed by atoms with van der Waals surface area (Å²) in [4.78, 5) is 17.5. The third kappa shape index (κ3) is 3.84. The predicted molar refractivity (Wildman–Crippen MR) is 122 cm³/mol. The summed E-state index contributed by atoms with van der Waals surface area (Å²) in [5.74, 6) is 1.87. The van der Waals surface area contributed by atoms with Crippen molar-refractivity contribution in [2.45, 2.75) is 13.5 Å². The van der Waals surface area contributed by atoms with E-state index in [1.165, 1.54) is 4.57 Å². The molecule has 5 aromatic rings. The standard InChI is InChI=1S/C24H21N5O4/c1-15-4-6-16(7-5-15)18-13-19-24(30)28(10-11-29(19)26-18)14-22-25-23(27-33-22)17-8-9-20(31-2)21(12-17)32-3/h4-13H,14H2,1-3H3. The quantitative estimate of drug-likeness (QED) is 0.396. The van der Waals surface area contributed by atoms with Crippen LogP contribution in [0.15, 0.2) is 70.2 Å². The van der Waals surface area contributed by atoms with E-state index in [1.54, 1.807) is 49.3 Å². The first kappa shape index (κ1) is 20.5. The first-order valence-electron chi connectivity index (χ1n) is 10.3. The van der Waals surface area contributed by atoms with Crippen LogP contribution >= 0.6 is 0 Å². The summed E-state index contributed by atoms with van der Waals surface area (Å²) in [5.41, 5.74) is 3.83. The fourth-order valence-electron chi connectivity index (χ4n) is 3.57. The van der Waals surface area contributed by atoms with Gasteiger partial charge >= 0.3 is 0 Å². The maximum Gasteiger partial charge on any atom is 0.277 e. The van der Waals surface area contributed by atoms with Crippen LogP contribution in [-0.4, -0.2) is 38.5 Å². The fraction of sp³-hybridized carbons (Fsp3) is 0.167. The van der Waals surface area contributed by atoms with E-state index in [0.29, 0.717) is 34.3 Å². The van der Waals surface area contributed by atoms with Crippen molar-refractivity contribution in [1.29, 1.82) is 0 Å². The minimum Gasteiger partial charge on any atom is -0.493 e. The molecule has 3 aromatic heterocycles. The van der Waals surface area contributed by atoms with Crippen LogP contribution in [0.25, 0.3) is 28.2 Å². The lowest BCUT2D eigenvalue weighted by atomic mass is 10.1. The van der Waals surface area contributed by atoms with Crippen LogP contribution in [0.4, 0.5) is 0 Å². The number of fused-ring (bicyclic) bond motifs is 1. The Hall–Kier alpha value is -4.40. The summed E-state index contributed by atoms with van der Waals surface area (Å²) in [5, 5.41) is 8.57. The molecule has 0 aliphatic heterocycles. The molecule has 9 heteroatoms. The van der Waals surface area contributed by atoms with E-state index in [-0.39, 0.29) is 12.1 Å². The van der Waals surface area contributed by atoms with Gasteiger partial charge in [-0.05, 0) is 31.2 Å². The van der Waals surface area contributed by atoms with Gasteiger partial charge in [0.05, 0.1) is 19.9 Å². The largest absolute Gasteiger partial charge is 0.493 e. The molecule has 0 unspecified atom stereocenters. The second-order valence-electron chi connectivity index (χ2n) is 7.54. The van der Waals surface area contributed by atoms with E-state index >= 15 is 0 Å². The zero-order valence-corrected chi connectivity index (χ0v) is 18.3. The number of methoxy groups -OCH3 is 2. The normalized spacial score (nSPS) is 11.1. The molecule has 0 bridgehead atoms. The van der Waals surface area contributed by atoms with Gasteiger partial charge in [0, 0.05) is 23.5 Å². The molecule has 0 N–H and O–H groups in total. The molecule has 0 radical (unpaired) electrons. The molecule has 9 nitrogen and oxygen atoms in total. The molecule has 3 heterocycles.